The van der Waals surface area contributed by atoms with Crippen LogP contribution >= 0.6 is 0 Å². The fourth-order valence-corrected chi connectivity index (χ4v) is 1.78. The van der Waals surface area contributed by atoms with Gasteiger partial charge in [-0.25, -0.2) is 4.39 Å². The van der Waals surface area contributed by atoms with Crippen molar-refractivity contribution in [3.8, 4) is 11.8 Å². The van der Waals surface area contributed by atoms with Crippen molar-refractivity contribution in [3.05, 3.63) is 65.0 Å². The lowest BCUT2D eigenvalue weighted by Crippen LogP contribution is -2.05. The van der Waals surface area contributed by atoms with Gasteiger partial charge in [-0.15, -0.1) is 0 Å². The van der Waals surface area contributed by atoms with Gasteiger partial charge in [0.1, 0.15) is 18.2 Å². The summed E-state index contributed by atoms with van der Waals surface area (Å²) in [5.74, 6) is 0.205. The first-order chi connectivity index (χ1) is 9.60. The molecule has 0 aliphatic heterocycles. The van der Waals surface area contributed by atoms with Crippen molar-refractivity contribution in [1.29, 1.82) is 5.26 Å². The number of hydrogen-bond donors (Lipinski definition) is 1. The van der Waals surface area contributed by atoms with Crippen LogP contribution in [0.2, 0.25) is 0 Å². The molecule has 0 radical (unpaired) electrons. The van der Waals surface area contributed by atoms with Crippen LogP contribution in [0.15, 0.2) is 42.5 Å². The van der Waals surface area contributed by atoms with Crippen LogP contribution in [0.3, 0.4) is 0 Å². The van der Waals surface area contributed by atoms with Gasteiger partial charge >= 0.3 is 0 Å². The molecule has 0 saturated carbocycles. The Kier molecular flexibility index (Phi) is 4.34. The van der Waals surface area contributed by atoms with E-state index in [0.29, 0.717) is 16.9 Å². The first-order valence-electron chi connectivity index (χ1n) is 6.27. The van der Waals surface area contributed by atoms with Crippen LogP contribution in [0.25, 0.3) is 0 Å². The van der Waals surface area contributed by atoms with Gasteiger partial charge in [0.15, 0.2) is 0 Å². The van der Waals surface area contributed by atoms with Gasteiger partial charge in [-0.2, -0.15) is 5.26 Å². The number of halogens is 1. The van der Waals surface area contributed by atoms with E-state index < -0.39 is 5.82 Å². The zero-order chi connectivity index (χ0) is 14.5. The van der Waals surface area contributed by atoms with E-state index in [1.807, 2.05) is 31.2 Å². The zero-order valence-corrected chi connectivity index (χ0v) is 11.1. The van der Waals surface area contributed by atoms with Crippen molar-refractivity contribution in [2.45, 2.75) is 19.6 Å². The Labute approximate surface area is 117 Å². The third kappa shape index (κ3) is 3.34. The minimum atomic E-state index is -0.438. The second-order valence-corrected chi connectivity index (χ2v) is 4.57. The van der Waals surface area contributed by atoms with Crippen molar-refractivity contribution in [3.63, 3.8) is 0 Å². The lowest BCUT2D eigenvalue weighted by atomic mass is 10.1. The molecule has 102 valence electrons. The van der Waals surface area contributed by atoms with Crippen LogP contribution in [0.1, 0.15) is 29.7 Å². The van der Waals surface area contributed by atoms with Crippen molar-refractivity contribution in [2.24, 2.45) is 5.73 Å². The number of rotatable bonds is 4. The number of nitriles is 1. The molecule has 0 saturated heterocycles. The van der Waals surface area contributed by atoms with Crippen molar-refractivity contribution in [2.75, 3.05) is 0 Å². The van der Waals surface area contributed by atoms with E-state index >= 15 is 0 Å². The molecule has 0 heterocycles. The molecular formula is C16H15FN2O. The fourth-order valence-electron chi connectivity index (χ4n) is 1.78. The van der Waals surface area contributed by atoms with Crippen LogP contribution in [-0.2, 0) is 6.61 Å². The summed E-state index contributed by atoms with van der Waals surface area (Å²) in [7, 11) is 0. The molecule has 0 fully saturated rings. The van der Waals surface area contributed by atoms with Gasteiger partial charge in [-0.1, -0.05) is 18.2 Å². The normalized spacial score (nSPS) is 11.7. The van der Waals surface area contributed by atoms with E-state index in [2.05, 4.69) is 0 Å². The van der Waals surface area contributed by atoms with Crippen LogP contribution in [0.5, 0.6) is 5.75 Å². The van der Waals surface area contributed by atoms with Gasteiger partial charge in [0.2, 0.25) is 0 Å². The maximum atomic E-state index is 13.7. The third-order valence-corrected chi connectivity index (χ3v) is 2.96. The van der Waals surface area contributed by atoms with Crippen molar-refractivity contribution < 1.29 is 9.13 Å². The molecule has 2 rings (SSSR count). The average Bonchev–Trinajstić information content (AvgIpc) is 2.46. The predicted molar refractivity (Wildman–Crippen MR) is 74.5 cm³/mol. The maximum absolute atomic E-state index is 13.7. The van der Waals surface area contributed by atoms with Crippen LogP contribution < -0.4 is 10.5 Å². The van der Waals surface area contributed by atoms with E-state index in [-0.39, 0.29) is 12.6 Å². The molecule has 0 spiro atoms. The highest BCUT2D eigenvalue weighted by atomic mass is 19.1. The molecule has 0 aliphatic carbocycles. The summed E-state index contributed by atoms with van der Waals surface area (Å²) in [5, 5.41) is 8.68. The number of nitrogens with zero attached hydrogens (tertiary/aromatic N) is 1. The Bertz CT molecular complexity index is 647. The van der Waals surface area contributed by atoms with E-state index in [1.165, 1.54) is 6.07 Å². The zero-order valence-electron chi connectivity index (χ0n) is 11.1. The lowest BCUT2D eigenvalue weighted by molar-refractivity contribution is 0.299. The highest BCUT2D eigenvalue weighted by molar-refractivity contribution is 5.34. The summed E-state index contributed by atoms with van der Waals surface area (Å²) in [4.78, 5) is 0. The quantitative estimate of drug-likeness (QED) is 0.927. The van der Waals surface area contributed by atoms with Crippen LogP contribution in [0, 0.1) is 17.1 Å². The molecule has 0 aliphatic rings. The fraction of sp³-hybridized carbons (Fsp3) is 0.188. The summed E-state index contributed by atoms with van der Waals surface area (Å²) in [6.07, 6.45) is 0. The molecule has 3 nitrogen and oxygen atoms in total. The Morgan fingerprint density at radius 2 is 2.10 bits per heavy atom. The minimum Gasteiger partial charge on any atom is -0.489 e. The smallest absolute Gasteiger partial charge is 0.131 e. The summed E-state index contributed by atoms with van der Waals surface area (Å²) >= 11 is 0. The van der Waals surface area contributed by atoms with Gasteiger partial charge in [0.25, 0.3) is 0 Å². The summed E-state index contributed by atoms with van der Waals surface area (Å²) in [5.41, 5.74) is 7.47. The topological polar surface area (TPSA) is 59.0 Å². The molecule has 2 N–H and O–H groups in total. The van der Waals surface area contributed by atoms with Gasteiger partial charge in [-0.3, -0.25) is 0 Å². The molecule has 4 heteroatoms. The maximum Gasteiger partial charge on any atom is 0.131 e. The second-order valence-electron chi connectivity index (χ2n) is 4.57. The number of ether oxygens (including phenoxy) is 1. The van der Waals surface area contributed by atoms with Crippen molar-refractivity contribution in [1.82, 2.24) is 0 Å². The predicted octanol–water partition coefficient (Wildman–Crippen LogP) is 3.30. The van der Waals surface area contributed by atoms with Gasteiger partial charge in [-0.05, 0) is 36.8 Å². The number of nitrogens with two attached hydrogens (primary N) is 1. The molecule has 20 heavy (non-hydrogen) atoms. The SMILES string of the molecule is C[C@H](N)c1cccc(OCc2ccc(C#N)cc2F)c1. The first kappa shape index (κ1) is 14.0. The molecule has 0 amide bonds. The molecule has 0 unspecified atom stereocenters. The molecule has 0 bridgehead atoms. The van der Waals surface area contributed by atoms with Crippen LogP contribution in [-0.4, -0.2) is 0 Å². The molecule has 1 atom stereocenters. The number of hydrogen-bond acceptors (Lipinski definition) is 3. The first-order valence-corrected chi connectivity index (χ1v) is 6.27. The van der Waals surface area contributed by atoms with Gasteiger partial charge < -0.3 is 10.5 Å². The van der Waals surface area contributed by atoms with Gasteiger partial charge in [0.05, 0.1) is 11.6 Å². The van der Waals surface area contributed by atoms with E-state index in [1.54, 1.807) is 18.2 Å². The molecule has 0 aromatic heterocycles. The Morgan fingerprint density at radius 1 is 1.30 bits per heavy atom. The molecule has 2 aromatic carbocycles. The summed E-state index contributed by atoms with van der Waals surface area (Å²) in [6.45, 7) is 2.00. The van der Waals surface area contributed by atoms with E-state index in [0.717, 1.165) is 5.56 Å². The van der Waals surface area contributed by atoms with Gasteiger partial charge in [0, 0.05) is 11.6 Å². The van der Waals surface area contributed by atoms with E-state index in [9.17, 15) is 4.39 Å². The summed E-state index contributed by atoms with van der Waals surface area (Å²) < 4.78 is 19.3. The summed E-state index contributed by atoms with van der Waals surface area (Å²) in [6, 6.07) is 13.6. The lowest BCUT2D eigenvalue weighted by Gasteiger charge is -2.10. The van der Waals surface area contributed by atoms with Crippen molar-refractivity contribution >= 4 is 0 Å². The monoisotopic (exact) mass is 270 g/mol. The Morgan fingerprint density at radius 3 is 2.75 bits per heavy atom. The molecular weight excluding hydrogens is 255 g/mol. The highest BCUT2D eigenvalue weighted by Gasteiger charge is 2.06. The second kappa shape index (κ2) is 6.18. The van der Waals surface area contributed by atoms with Crippen LogP contribution in [0.4, 0.5) is 4.39 Å². The standard InChI is InChI=1S/C16H15FN2O/c1-11(19)13-3-2-4-15(8-13)20-10-14-6-5-12(9-18)7-16(14)17/h2-8,11H,10,19H2,1H3/t11-/m0/s1. The minimum absolute atomic E-state index is 0.0785. The Hall–Kier alpha value is -2.38. The number of benzene rings is 2. The van der Waals surface area contributed by atoms with E-state index in [4.69, 9.17) is 15.7 Å². The largest absolute Gasteiger partial charge is 0.489 e. The highest BCUT2D eigenvalue weighted by Crippen LogP contribution is 2.19. The Balaban J connectivity index is 2.09. The third-order valence-electron chi connectivity index (χ3n) is 2.96. The molecule has 2 aromatic rings. The average molecular weight is 270 g/mol.